The molecule has 0 aliphatic carbocycles. The average Bonchev–Trinajstić information content (AvgIpc) is 2.80. The molecule has 2 N–H and O–H groups in total. The van der Waals surface area contributed by atoms with Crippen LogP contribution in [0, 0.1) is 19.8 Å². The van der Waals surface area contributed by atoms with Gasteiger partial charge in [-0.3, -0.25) is 4.79 Å². The number of benzene rings is 1. The van der Waals surface area contributed by atoms with Crippen molar-refractivity contribution in [3.63, 3.8) is 0 Å². The smallest absolute Gasteiger partial charge is 0.254 e. The molecular weight excluding hydrogens is 212 g/mol. The Bertz CT molecular complexity index is 428. The zero-order chi connectivity index (χ0) is 12.4. The van der Waals surface area contributed by atoms with Crippen LogP contribution in [-0.4, -0.2) is 30.4 Å². The Morgan fingerprint density at radius 2 is 2.24 bits per heavy atom. The predicted octanol–water partition coefficient (Wildman–Crippen LogP) is 1.72. The van der Waals surface area contributed by atoms with E-state index in [-0.39, 0.29) is 5.91 Å². The quantitative estimate of drug-likeness (QED) is 0.844. The van der Waals surface area contributed by atoms with Crippen molar-refractivity contribution in [3.05, 3.63) is 34.9 Å². The first-order valence-corrected chi connectivity index (χ1v) is 6.18. The highest BCUT2D eigenvalue weighted by Gasteiger charge is 2.26. The van der Waals surface area contributed by atoms with Crippen molar-refractivity contribution < 1.29 is 4.79 Å². The van der Waals surface area contributed by atoms with Gasteiger partial charge in [-0.15, -0.1) is 0 Å². The van der Waals surface area contributed by atoms with E-state index >= 15 is 0 Å². The average molecular weight is 232 g/mol. The van der Waals surface area contributed by atoms with Crippen molar-refractivity contribution in [3.8, 4) is 0 Å². The number of aryl methyl sites for hydroxylation is 2. The third-order valence-corrected chi connectivity index (χ3v) is 3.53. The van der Waals surface area contributed by atoms with Crippen LogP contribution in [0.4, 0.5) is 0 Å². The van der Waals surface area contributed by atoms with Crippen LogP contribution in [0.3, 0.4) is 0 Å². The molecule has 0 spiro atoms. The summed E-state index contributed by atoms with van der Waals surface area (Å²) >= 11 is 0. The molecule has 3 nitrogen and oxygen atoms in total. The van der Waals surface area contributed by atoms with E-state index in [1.54, 1.807) is 0 Å². The SMILES string of the molecule is Cc1ccc(C)c(C(=O)N2CC[C@H](CN)C2)c1. The van der Waals surface area contributed by atoms with Gasteiger partial charge in [0.2, 0.25) is 0 Å². The van der Waals surface area contributed by atoms with Crippen LogP contribution in [-0.2, 0) is 0 Å². The van der Waals surface area contributed by atoms with Gasteiger partial charge < -0.3 is 10.6 Å². The number of rotatable bonds is 2. The van der Waals surface area contributed by atoms with Crippen molar-refractivity contribution in [2.24, 2.45) is 11.7 Å². The minimum Gasteiger partial charge on any atom is -0.338 e. The molecule has 1 aliphatic rings. The van der Waals surface area contributed by atoms with Gasteiger partial charge in [-0.2, -0.15) is 0 Å². The predicted molar refractivity (Wildman–Crippen MR) is 69.0 cm³/mol. The third-order valence-electron chi connectivity index (χ3n) is 3.53. The summed E-state index contributed by atoms with van der Waals surface area (Å²) < 4.78 is 0. The highest BCUT2D eigenvalue weighted by molar-refractivity contribution is 5.96. The molecule has 0 bridgehead atoms. The number of carbonyl (C=O) groups excluding carboxylic acids is 1. The van der Waals surface area contributed by atoms with Gasteiger partial charge in [0, 0.05) is 18.7 Å². The Balaban J connectivity index is 2.17. The summed E-state index contributed by atoms with van der Waals surface area (Å²) in [6.45, 7) is 6.33. The Labute approximate surface area is 103 Å². The number of carbonyl (C=O) groups is 1. The molecule has 3 heteroatoms. The van der Waals surface area contributed by atoms with Gasteiger partial charge in [0.1, 0.15) is 0 Å². The Morgan fingerprint density at radius 3 is 2.88 bits per heavy atom. The van der Waals surface area contributed by atoms with E-state index in [1.165, 1.54) is 0 Å². The lowest BCUT2D eigenvalue weighted by Gasteiger charge is -2.18. The van der Waals surface area contributed by atoms with E-state index in [1.807, 2.05) is 36.9 Å². The second-order valence-electron chi connectivity index (χ2n) is 4.96. The number of amides is 1. The van der Waals surface area contributed by atoms with E-state index < -0.39 is 0 Å². The zero-order valence-electron chi connectivity index (χ0n) is 10.6. The van der Waals surface area contributed by atoms with E-state index in [0.29, 0.717) is 12.5 Å². The summed E-state index contributed by atoms with van der Waals surface area (Å²) in [5, 5.41) is 0. The molecule has 1 aliphatic heterocycles. The van der Waals surface area contributed by atoms with Crippen LogP contribution in [0.2, 0.25) is 0 Å². The first-order chi connectivity index (χ1) is 8.11. The van der Waals surface area contributed by atoms with Crippen LogP contribution in [0.25, 0.3) is 0 Å². The van der Waals surface area contributed by atoms with Crippen molar-refractivity contribution in [2.45, 2.75) is 20.3 Å². The molecule has 0 aromatic heterocycles. The molecule has 0 saturated carbocycles. The van der Waals surface area contributed by atoms with Crippen LogP contribution >= 0.6 is 0 Å². The van der Waals surface area contributed by atoms with Crippen molar-refractivity contribution in [1.29, 1.82) is 0 Å². The van der Waals surface area contributed by atoms with Gasteiger partial charge >= 0.3 is 0 Å². The minimum atomic E-state index is 0.155. The van der Waals surface area contributed by atoms with Crippen molar-refractivity contribution in [2.75, 3.05) is 19.6 Å². The fraction of sp³-hybridized carbons (Fsp3) is 0.500. The number of nitrogens with two attached hydrogens (primary N) is 1. The van der Waals surface area contributed by atoms with Crippen LogP contribution < -0.4 is 5.73 Å². The van der Waals surface area contributed by atoms with E-state index in [9.17, 15) is 4.79 Å². The molecule has 1 saturated heterocycles. The summed E-state index contributed by atoms with van der Waals surface area (Å²) in [7, 11) is 0. The maximum absolute atomic E-state index is 12.4. The van der Waals surface area contributed by atoms with E-state index in [2.05, 4.69) is 0 Å². The molecule has 1 atom stereocenters. The molecule has 0 radical (unpaired) electrons. The van der Waals surface area contributed by atoms with Crippen LogP contribution in [0.1, 0.15) is 27.9 Å². The Hall–Kier alpha value is -1.35. The fourth-order valence-corrected chi connectivity index (χ4v) is 2.35. The van der Waals surface area contributed by atoms with Gasteiger partial charge in [0.25, 0.3) is 5.91 Å². The largest absolute Gasteiger partial charge is 0.338 e. The van der Waals surface area contributed by atoms with Crippen LogP contribution in [0.5, 0.6) is 0 Å². The maximum atomic E-state index is 12.4. The summed E-state index contributed by atoms with van der Waals surface area (Å²) in [6, 6.07) is 6.03. The molecule has 1 amide bonds. The molecule has 92 valence electrons. The van der Waals surface area contributed by atoms with Gasteiger partial charge in [-0.25, -0.2) is 0 Å². The second-order valence-corrected chi connectivity index (χ2v) is 4.96. The maximum Gasteiger partial charge on any atom is 0.254 e. The molecule has 0 unspecified atom stereocenters. The highest BCUT2D eigenvalue weighted by atomic mass is 16.2. The first kappa shape index (κ1) is 12.1. The molecule has 1 fully saturated rings. The van der Waals surface area contributed by atoms with Crippen molar-refractivity contribution in [1.82, 2.24) is 4.90 Å². The Kier molecular flexibility index (Phi) is 3.48. The summed E-state index contributed by atoms with van der Waals surface area (Å²) in [5.41, 5.74) is 8.67. The molecular formula is C14H20N2O. The van der Waals surface area contributed by atoms with Crippen molar-refractivity contribution >= 4 is 5.91 Å². The zero-order valence-corrected chi connectivity index (χ0v) is 10.6. The van der Waals surface area contributed by atoms with Gasteiger partial charge in [0.05, 0.1) is 0 Å². The minimum absolute atomic E-state index is 0.155. The number of hydrogen-bond donors (Lipinski definition) is 1. The Morgan fingerprint density at radius 1 is 1.47 bits per heavy atom. The lowest BCUT2D eigenvalue weighted by Crippen LogP contribution is -2.30. The molecule has 2 rings (SSSR count). The molecule has 1 aromatic carbocycles. The number of hydrogen-bond acceptors (Lipinski definition) is 2. The summed E-state index contributed by atoms with van der Waals surface area (Å²) in [6.07, 6.45) is 1.03. The van der Waals surface area contributed by atoms with Gasteiger partial charge in [-0.05, 0) is 44.4 Å². The first-order valence-electron chi connectivity index (χ1n) is 6.18. The topological polar surface area (TPSA) is 46.3 Å². The third kappa shape index (κ3) is 2.50. The fourth-order valence-electron chi connectivity index (χ4n) is 2.35. The summed E-state index contributed by atoms with van der Waals surface area (Å²) in [4.78, 5) is 14.3. The number of nitrogens with zero attached hydrogens (tertiary/aromatic N) is 1. The lowest BCUT2D eigenvalue weighted by molar-refractivity contribution is 0.0787. The van der Waals surface area contributed by atoms with Crippen LogP contribution in [0.15, 0.2) is 18.2 Å². The number of likely N-dealkylation sites (tertiary alicyclic amines) is 1. The second kappa shape index (κ2) is 4.88. The highest BCUT2D eigenvalue weighted by Crippen LogP contribution is 2.20. The molecule has 17 heavy (non-hydrogen) atoms. The normalized spacial score (nSPS) is 19.7. The standard InChI is InChI=1S/C14H20N2O/c1-10-3-4-11(2)13(7-10)14(17)16-6-5-12(8-15)9-16/h3-4,7,12H,5-6,8-9,15H2,1-2H3/t12-/m1/s1. The van der Waals surface area contributed by atoms with Gasteiger partial charge in [-0.1, -0.05) is 17.7 Å². The monoisotopic (exact) mass is 232 g/mol. The molecule has 1 aromatic rings. The van der Waals surface area contributed by atoms with Gasteiger partial charge in [0.15, 0.2) is 0 Å². The summed E-state index contributed by atoms with van der Waals surface area (Å²) in [5.74, 6) is 0.631. The lowest BCUT2D eigenvalue weighted by atomic mass is 10.0. The molecule has 1 heterocycles. The van der Waals surface area contributed by atoms with E-state index in [0.717, 1.165) is 36.2 Å². The van der Waals surface area contributed by atoms with E-state index in [4.69, 9.17) is 5.73 Å².